The van der Waals surface area contributed by atoms with Gasteiger partial charge in [0.25, 0.3) is 5.78 Å². The largest absolute Gasteiger partial charge is 0.460 e. The molecular formula is C13H13NO3. The van der Waals surface area contributed by atoms with Gasteiger partial charge in [-0.05, 0) is 12.0 Å². The van der Waals surface area contributed by atoms with Crippen LogP contribution in [0.1, 0.15) is 24.8 Å². The number of carbonyl (C=O) groups excluding carboxylic acids is 2. The van der Waals surface area contributed by atoms with Crippen molar-refractivity contribution in [3.05, 3.63) is 35.9 Å². The predicted octanol–water partition coefficient (Wildman–Crippen LogP) is 1.82. The second kappa shape index (κ2) is 6.44. The fourth-order valence-electron chi connectivity index (χ4n) is 1.31. The van der Waals surface area contributed by atoms with E-state index in [1.54, 1.807) is 30.3 Å². The maximum atomic E-state index is 11.7. The lowest BCUT2D eigenvalue weighted by Crippen LogP contribution is -2.24. The molecule has 0 spiro atoms. The van der Waals surface area contributed by atoms with E-state index in [2.05, 4.69) is 0 Å². The molecule has 0 N–H and O–H groups in total. The molecule has 0 bridgehead atoms. The Kier molecular flexibility index (Phi) is 4.89. The second-order valence-corrected chi connectivity index (χ2v) is 3.47. The molecule has 17 heavy (non-hydrogen) atoms. The van der Waals surface area contributed by atoms with Gasteiger partial charge in [0.05, 0.1) is 12.7 Å². The quantitative estimate of drug-likeness (QED) is 0.572. The van der Waals surface area contributed by atoms with Crippen LogP contribution in [0.2, 0.25) is 0 Å². The van der Waals surface area contributed by atoms with Gasteiger partial charge >= 0.3 is 5.97 Å². The summed E-state index contributed by atoms with van der Waals surface area (Å²) in [6.07, 6.45) is 0.640. The summed E-state index contributed by atoms with van der Waals surface area (Å²) in [5.74, 6) is -2.84. The highest BCUT2D eigenvalue weighted by atomic mass is 16.5. The van der Waals surface area contributed by atoms with Crippen molar-refractivity contribution in [1.29, 1.82) is 5.26 Å². The maximum Gasteiger partial charge on any atom is 0.376 e. The van der Waals surface area contributed by atoms with Gasteiger partial charge in [0.15, 0.2) is 0 Å². The molecular weight excluding hydrogens is 218 g/mol. The second-order valence-electron chi connectivity index (χ2n) is 3.47. The maximum absolute atomic E-state index is 11.7. The van der Waals surface area contributed by atoms with Crippen molar-refractivity contribution < 1.29 is 14.3 Å². The number of hydrogen-bond donors (Lipinski definition) is 0. The minimum atomic E-state index is -1.08. The van der Waals surface area contributed by atoms with Crippen molar-refractivity contribution in [2.75, 3.05) is 6.61 Å². The van der Waals surface area contributed by atoms with E-state index in [1.165, 1.54) is 0 Å². The van der Waals surface area contributed by atoms with Gasteiger partial charge in [-0.15, -0.1) is 0 Å². The molecule has 0 aliphatic carbocycles. The van der Waals surface area contributed by atoms with Crippen molar-refractivity contribution in [2.45, 2.75) is 19.3 Å². The van der Waals surface area contributed by atoms with Crippen molar-refractivity contribution in [2.24, 2.45) is 0 Å². The zero-order chi connectivity index (χ0) is 12.7. The standard InChI is InChI=1S/C13H13NO3/c1-2-8-17-13(16)12(15)11(9-14)10-6-4-3-5-7-10/h3-7,11H,2,8H2,1H3/t11-/m0/s1. The van der Waals surface area contributed by atoms with Crippen LogP contribution in [0.25, 0.3) is 0 Å². The van der Waals surface area contributed by atoms with Gasteiger partial charge in [0.1, 0.15) is 5.92 Å². The number of rotatable bonds is 5. The summed E-state index contributed by atoms with van der Waals surface area (Å²) < 4.78 is 4.72. The number of Topliss-reactive ketones (excluding diaryl/α,β-unsaturated/α-hetero) is 1. The molecule has 0 aromatic heterocycles. The predicted molar refractivity (Wildman–Crippen MR) is 61.1 cm³/mol. The zero-order valence-electron chi connectivity index (χ0n) is 9.55. The first-order valence-corrected chi connectivity index (χ1v) is 5.36. The fourth-order valence-corrected chi connectivity index (χ4v) is 1.31. The van der Waals surface area contributed by atoms with Gasteiger partial charge < -0.3 is 4.74 Å². The summed E-state index contributed by atoms with van der Waals surface area (Å²) in [4.78, 5) is 23.0. The third-order valence-electron chi connectivity index (χ3n) is 2.16. The molecule has 1 atom stereocenters. The van der Waals surface area contributed by atoms with Crippen LogP contribution >= 0.6 is 0 Å². The lowest BCUT2D eigenvalue weighted by molar-refractivity contribution is -0.154. The summed E-state index contributed by atoms with van der Waals surface area (Å²) in [5, 5.41) is 8.95. The van der Waals surface area contributed by atoms with E-state index >= 15 is 0 Å². The van der Waals surface area contributed by atoms with Crippen molar-refractivity contribution in [1.82, 2.24) is 0 Å². The summed E-state index contributed by atoms with van der Waals surface area (Å²) in [6, 6.07) is 10.3. The van der Waals surface area contributed by atoms with Crippen LogP contribution < -0.4 is 0 Å². The number of hydrogen-bond acceptors (Lipinski definition) is 4. The third-order valence-corrected chi connectivity index (χ3v) is 2.16. The number of carbonyl (C=O) groups is 2. The molecule has 0 aliphatic heterocycles. The van der Waals surface area contributed by atoms with Gasteiger partial charge in [-0.2, -0.15) is 5.26 Å². The summed E-state index contributed by atoms with van der Waals surface area (Å²) in [7, 11) is 0. The topological polar surface area (TPSA) is 67.2 Å². The minimum Gasteiger partial charge on any atom is -0.460 e. The first-order chi connectivity index (χ1) is 8.20. The summed E-state index contributed by atoms with van der Waals surface area (Å²) in [5.41, 5.74) is 0.508. The van der Waals surface area contributed by atoms with Gasteiger partial charge in [-0.1, -0.05) is 37.3 Å². The van der Waals surface area contributed by atoms with Crippen molar-refractivity contribution in [3.8, 4) is 6.07 Å². The number of ether oxygens (including phenoxy) is 1. The molecule has 0 aliphatic rings. The molecule has 1 rings (SSSR count). The number of esters is 1. The van der Waals surface area contributed by atoms with Gasteiger partial charge in [0, 0.05) is 0 Å². The molecule has 0 fully saturated rings. The van der Waals surface area contributed by atoms with E-state index < -0.39 is 17.7 Å². The Bertz CT molecular complexity index is 434. The van der Waals surface area contributed by atoms with E-state index in [9.17, 15) is 9.59 Å². The lowest BCUT2D eigenvalue weighted by Gasteiger charge is -2.07. The Morgan fingerprint density at radius 1 is 1.35 bits per heavy atom. The molecule has 0 unspecified atom stereocenters. The molecule has 4 nitrogen and oxygen atoms in total. The molecule has 0 heterocycles. The van der Waals surface area contributed by atoms with E-state index in [0.717, 1.165) is 0 Å². The summed E-state index contributed by atoms with van der Waals surface area (Å²) in [6.45, 7) is 2.02. The van der Waals surface area contributed by atoms with Crippen molar-refractivity contribution in [3.63, 3.8) is 0 Å². The van der Waals surface area contributed by atoms with Crippen LogP contribution in [-0.2, 0) is 14.3 Å². The Hall–Kier alpha value is -2.15. The first kappa shape index (κ1) is 12.9. The smallest absolute Gasteiger partial charge is 0.376 e. The lowest BCUT2D eigenvalue weighted by atomic mass is 9.96. The number of benzene rings is 1. The number of nitriles is 1. The van der Waals surface area contributed by atoms with Gasteiger partial charge in [0.2, 0.25) is 0 Å². The number of nitrogens with zero attached hydrogens (tertiary/aromatic N) is 1. The van der Waals surface area contributed by atoms with Crippen LogP contribution in [0.3, 0.4) is 0 Å². The van der Waals surface area contributed by atoms with Crippen LogP contribution in [-0.4, -0.2) is 18.4 Å². The van der Waals surface area contributed by atoms with Crippen molar-refractivity contribution >= 4 is 11.8 Å². The third kappa shape index (κ3) is 3.42. The Balaban J connectivity index is 2.79. The Labute approximate surface area is 99.8 Å². The van der Waals surface area contributed by atoms with E-state index in [1.807, 2.05) is 13.0 Å². The molecule has 0 amide bonds. The van der Waals surface area contributed by atoms with E-state index in [-0.39, 0.29) is 6.61 Å². The van der Waals surface area contributed by atoms with E-state index in [4.69, 9.17) is 10.00 Å². The SMILES string of the molecule is CCCOC(=O)C(=O)[C@@H](C#N)c1ccccc1. The fraction of sp³-hybridized carbons (Fsp3) is 0.308. The minimum absolute atomic E-state index is 0.192. The first-order valence-electron chi connectivity index (χ1n) is 5.36. The zero-order valence-corrected chi connectivity index (χ0v) is 9.55. The molecule has 0 radical (unpaired) electrons. The highest BCUT2D eigenvalue weighted by Crippen LogP contribution is 2.16. The summed E-state index contributed by atoms with van der Waals surface area (Å²) >= 11 is 0. The molecule has 88 valence electrons. The van der Waals surface area contributed by atoms with Crippen LogP contribution in [0.15, 0.2) is 30.3 Å². The van der Waals surface area contributed by atoms with Crippen LogP contribution in [0.4, 0.5) is 0 Å². The Morgan fingerprint density at radius 2 is 2.00 bits per heavy atom. The Morgan fingerprint density at radius 3 is 2.53 bits per heavy atom. The molecule has 1 aromatic rings. The average Bonchev–Trinajstić information content (AvgIpc) is 2.38. The normalized spacial score (nSPS) is 11.3. The van der Waals surface area contributed by atoms with Gasteiger partial charge in [-0.25, -0.2) is 4.79 Å². The van der Waals surface area contributed by atoms with E-state index in [0.29, 0.717) is 12.0 Å². The average molecular weight is 231 g/mol. The molecule has 4 heteroatoms. The highest BCUT2D eigenvalue weighted by molar-refractivity contribution is 6.36. The highest BCUT2D eigenvalue weighted by Gasteiger charge is 2.27. The molecule has 0 saturated carbocycles. The van der Waals surface area contributed by atoms with Crippen LogP contribution in [0.5, 0.6) is 0 Å². The molecule has 0 saturated heterocycles. The van der Waals surface area contributed by atoms with Crippen LogP contribution in [0, 0.1) is 11.3 Å². The molecule has 1 aromatic carbocycles. The number of ketones is 1. The van der Waals surface area contributed by atoms with Gasteiger partial charge in [-0.3, -0.25) is 4.79 Å². The monoisotopic (exact) mass is 231 g/mol.